The molecule has 0 bridgehead atoms. The molecule has 1 aromatic carbocycles. The van der Waals surface area contributed by atoms with Crippen molar-refractivity contribution >= 4 is 18.0 Å². The van der Waals surface area contributed by atoms with Crippen molar-refractivity contribution < 1.29 is 28.9 Å². The highest BCUT2D eigenvalue weighted by molar-refractivity contribution is 6.16. The fourth-order valence-corrected chi connectivity index (χ4v) is 2.66. The number of esters is 1. The van der Waals surface area contributed by atoms with Crippen molar-refractivity contribution in [2.24, 2.45) is 0 Å². The van der Waals surface area contributed by atoms with Gasteiger partial charge in [-0.25, -0.2) is 4.79 Å². The first-order valence-corrected chi connectivity index (χ1v) is 7.64. The van der Waals surface area contributed by atoms with Gasteiger partial charge in [0.2, 0.25) is 0 Å². The van der Waals surface area contributed by atoms with Crippen LogP contribution in [0.2, 0.25) is 0 Å². The summed E-state index contributed by atoms with van der Waals surface area (Å²) < 4.78 is 14.9. The largest absolute Gasteiger partial charge is 0.504 e. The lowest BCUT2D eigenvalue weighted by Gasteiger charge is -2.16. The summed E-state index contributed by atoms with van der Waals surface area (Å²) in [4.78, 5) is 26.4. The summed E-state index contributed by atoms with van der Waals surface area (Å²) >= 11 is 0. The molecule has 0 aromatic heterocycles. The average molecular weight is 347 g/mol. The van der Waals surface area contributed by atoms with E-state index in [0.29, 0.717) is 24.4 Å². The number of benzene rings is 1. The van der Waals surface area contributed by atoms with Gasteiger partial charge in [-0.05, 0) is 19.1 Å². The standard InChI is InChI=1S/C18H21NO6/c1-11-15(18(22)25-4)13(17(21)19(11)8-9-23-2)10-12-6-5-7-14(24-3)16(12)20/h5-7,10,20H,8-9H2,1-4H3. The third kappa shape index (κ3) is 3.51. The lowest BCUT2D eigenvalue weighted by molar-refractivity contribution is -0.136. The highest BCUT2D eigenvalue weighted by atomic mass is 16.5. The topological polar surface area (TPSA) is 85.3 Å². The molecular formula is C18H21NO6. The van der Waals surface area contributed by atoms with Crippen LogP contribution in [0, 0.1) is 0 Å². The molecule has 7 heteroatoms. The van der Waals surface area contributed by atoms with Gasteiger partial charge in [0.15, 0.2) is 11.5 Å². The van der Waals surface area contributed by atoms with Gasteiger partial charge in [0.05, 0.1) is 32.0 Å². The van der Waals surface area contributed by atoms with E-state index in [4.69, 9.17) is 14.2 Å². The molecule has 0 radical (unpaired) electrons. The summed E-state index contributed by atoms with van der Waals surface area (Å²) in [5.41, 5.74) is 1.18. The Bertz CT molecular complexity index is 750. The van der Waals surface area contributed by atoms with E-state index in [9.17, 15) is 14.7 Å². The Morgan fingerprint density at radius 3 is 2.60 bits per heavy atom. The Kier molecular flexibility index (Phi) is 5.82. The fraction of sp³-hybridized carbons (Fsp3) is 0.333. The molecule has 0 atom stereocenters. The first kappa shape index (κ1) is 18.5. The summed E-state index contributed by atoms with van der Waals surface area (Å²) in [7, 11) is 4.22. The van der Waals surface area contributed by atoms with Crippen LogP contribution in [0.5, 0.6) is 11.5 Å². The number of methoxy groups -OCH3 is 3. The third-order valence-corrected chi connectivity index (χ3v) is 3.97. The fourth-order valence-electron chi connectivity index (χ4n) is 2.66. The van der Waals surface area contributed by atoms with Crippen LogP contribution in [0.3, 0.4) is 0 Å². The maximum atomic E-state index is 12.8. The second-order valence-electron chi connectivity index (χ2n) is 5.36. The van der Waals surface area contributed by atoms with Crippen LogP contribution >= 0.6 is 0 Å². The Labute approximate surface area is 146 Å². The maximum Gasteiger partial charge on any atom is 0.340 e. The molecule has 0 saturated heterocycles. The first-order valence-electron chi connectivity index (χ1n) is 7.64. The number of phenols is 1. The van der Waals surface area contributed by atoms with Gasteiger partial charge in [0.25, 0.3) is 5.91 Å². The van der Waals surface area contributed by atoms with Gasteiger partial charge in [0.1, 0.15) is 0 Å². The summed E-state index contributed by atoms with van der Waals surface area (Å²) in [5.74, 6) is -0.796. The van der Waals surface area contributed by atoms with E-state index < -0.39 is 5.97 Å². The molecule has 0 saturated carbocycles. The van der Waals surface area contributed by atoms with Gasteiger partial charge in [-0.3, -0.25) is 4.79 Å². The number of hydrogen-bond acceptors (Lipinski definition) is 6. The number of rotatable bonds is 6. The zero-order valence-electron chi connectivity index (χ0n) is 14.7. The number of hydrogen-bond donors (Lipinski definition) is 1. The number of nitrogens with zero attached hydrogens (tertiary/aromatic N) is 1. The number of phenolic OH excluding ortho intramolecular Hbond substituents is 1. The van der Waals surface area contributed by atoms with Crippen LogP contribution in [-0.2, 0) is 19.1 Å². The molecule has 134 valence electrons. The molecule has 1 amide bonds. The Morgan fingerprint density at radius 1 is 1.28 bits per heavy atom. The van der Waals surface area contributed by atoms with E-state index in [0.717, 1.165) is 0 Å². The van der Waals surface area contributed by atoms with Crippen molar-refractivity contribution in [2.75, 3.05) is 34.5 Å². The van der Waals surface area contributed by atoms with E-state index in [-0.39, 0.29) is 28.6 Å². The Morgan fingerprint density at radius 2 is 2.00 bits per heavy atom. The van der Waals surface area contributed by atoms with Gasteiger partial charge >= 0.3 is 5.97 Å². The molecule has 1 heterocycles. The van der Waals surface area contributed by atoms with Crippen LogP contribution in [-0.4, -0.2) is 56.4 Å². The molecule has 0 fully saturated rings. The quantitative estimate of drug-likeness (QED) is 0.623. The highest BCUT2D eigenvalue weighted by Gasteiger charge is 2.36. The number of para-hydroxylation sites is 1. The van der Waals surface area contributed by atoms with Gasteiger partial charge in [0, 0.05) is 24.9 Å². The number of carbonyl (C=O) groups excluding carboxylic acids is 2. The van der Waals surface area contributed by atoms with E-state index in [2.05, 4.69) is 0 Å². The zero-order chi connectivity index (χ0) is 18.6. The monoisotopic (exact) mass is 347 g/mol. The lowest BCUT2D eigenvalue weighted by atomic mass is 10.0. The van der Waals surface area contributed by atoms with Crippen LogP contribution in [0.4, 0.5) is 0 Å². The van der Waals surface area contributed by atoms with E-state index in [1.54, 1.807) is 25.1 Å². The summed E-state index contributed by atoms with van der Waals surface area (Å²) in [5, 5.41) is 10.2. The second kappa shape index (κ2) is 7.85. The number of ether oxygens (including phenoxy) is 3. The number of carbonyl (C=O) groups is 2. The van der Waals surface area contributed by atoms with E-state index >= 15 is 0 Å². The molecule has 7 nitrogen and oxygen atoms in total. The minimum atomic E-state index is -0.612. The van der Waals surface area contributed by atoms with Crippen LogP contribution in [0.1, 0.15) is 12.5 Å². The van der Waals surface area contributed by atoms with Crippen LogP contribution < -0.4 is 4.74 Å². The predicted molar refractivity (Wildman–Crippen MR) is 90.9 cm³/mol. The summed E-state index contributed by atoms with van der Waals surface area (Å²) in [6.45, 7) is 2.31. The van der Waals surface area contributed by atoms with Gasteiger partial charge in [-0.1, -0.05) is 12.1 Å². The van der Waals surface area contributed by atoms with E-state index in [1.165, 1.54) is 32.3 Å². The normalized spacial score (nSPS) is 15.9. The zero-order valence-corrected chi connectivity index (χ0v) is 14.7. The van der Waals surface area contributed by atoms with Crippen LogP contribution in [0.15, 0.2) is 35.0 Å². The molecule has 0 aliphatic carbocycles. The van der Waals surface area contributed by atoms with Crippen molar-refractivity contribution in [1.29, 1.82) is 0 Å². The van der Waals surface area contributed by atoms with Gasteiger partial charge in [-0.2, -0.15) is 0 Å². The average Bonchev–Trinajstić information content (AvgIpc) is 2.84. The molecule has 2 rings (SSSR count). The van der Waals surface area contributed by atoms with E-state index in [1.807, 2.05) is 0 Å². The predicted octanol–water partition coefficient (Wildman–Crippen LogP) is 1.72. The molecule has 1 aromatic rings. The number of aromatic hydroxyl groups is 1. The first-order chi connectivity index (χ1) is 12.0. The van der Waals surface area contributed by atoms with Crippen molar-refractivity contribution in [2.45, 2.75) is 6.92 Å². The van der Waals surface area contributed by atoms with Crippen molar-refractivity contribution in [3.05, 3.63) is 40.6 Å². The Balaban J connectivity index is 2.54. The minimum Gasteiger partial charge on any atom is -0.504 e. The minimum absolute atomic E-state index is 0.109. The molecule has 1 aliphatic heterocycles. The SMILES string of the molecule is COCCN1C(=O)C(=Cc2cccc(OC)c2O)C(C(=O)OC)=C1C. The van der Waals surface area contributed by atoms with Crippen molar-refractivity contribution in [3.63, 3.8) is 0 Å². The molecule has 1 N–H and O–H groups in total. The van der Waals surface area contributed by atoms with Crippen molar-refractivity contribution in [3.8, 4) is 11.5 Å². The summed E-state index contributed by atoms with van der Waals surface area (Å²) in [6.07, 6.45) is 1.46. The second-order valence-corrected chi connectivity index (χ2v) is 5.36. The smallest absolute Gasteiger partial charge is 0.340 e. The molecular weight excluding hydrogens is 326 g/mol. The highest BCUT2D eigenvalue weighted by Crippen LogP contribution is 2.35. The van der Waals surface area contributed by atoms with Crippen molar-refractivity contribution in [1.82, 2.24) is 4.90 Å². The number of amides is 1. The lowest BCUT2D eigenvalue weighted by Crippen LogP contribution is -2.28. The molecule has 1 aliphatic rings. The Hall–Kier alpha value is -2.80. The van der Waals surface area contributed by atoms with Crippen LogP contribution in [0.25, 0.3) is 6.08 Å². The van der Waals surface area contributed by atoms with Gasteiger partial charge in [-0.15, -0.1) is 0 Å². The molecule has 0 spiro atoms. The third-order valence-electron chi connectivity index (χ3n) is 3.97. The molecule has 25 heavy (non-hydrogen) atoms. The number of allylic oxidation sites excluding steroid dienone is 1. The van der Waals surface area contributed by atoms with Gasteiger partial charge < -0.3 is 24.2 Å². The summed E-state index contributed by atoms with van der Waals surface area (Å²) in [6, 6.07) is 4.91. The molecule has 0 unspecified atom stereocenters. The maximum absolute atomic E-state index is 12.8.